The van der Waals surface area contributed by atoms with Crippen molar-refractivity contribution in [1.29, 1.82) is 0 Å². The molecule has 0 unspecified atom stereocenters. The second-order valence-corrected chi connectivity index (χ2v) is 14.4. The third kappa shape index (κ3) is 8.08. The standard InChI is InChI=1S/C29H33ClN4O6S2/c1-28(2,3)39-26(37)17-9-7-8-16(14-31-23(35)19-10-11-21(30)41-19)22(17)33-24(36)25-32-18-12-13-34(15-20(18)42-25)27(38)40-29(4,5)6/h7-11H,12-15H2,1-6H3,(H,31,35)(H,33,36). The molecule has 10 nitrogen and oxygen atoms in total. The molecular weight excluding hydrogens is 600 g/mol. The summed E-state index contributed by atoms with van der Waals surface area (Å²) in [5.41, 5.74) is 0.208. The van der Waals surface area contributed by atoms with E-state index in [-0.39, 0.29) is 35.3 Å². The number of benzene rings is 1. The normalized spacial score (nSPS) is 13.3. The van der Waals surface area contributed by atoms with Gasteiger partial charge in [0.25, 0.3) is 11.8 Å². The highest BCUT2D eigenvalue weighted by molar-refractivity contribution is 7.18. The SMILES string of the molecule is CC(C)(C)OC(=O)c1cccc(CNC(=O)c2ccc(Cl)s2)c1NC(=O)c1nc2c(s1)CN(C(=O)OC(C)(C)C)CC2. The molecular formula is C29H33ClN4O6S2. The van der Waals surface area contributed by atoms with Gasteiger partial charge in [0.2, 0.25) is 0 Å². The van der Waals surface area contributed by atoms with Crippen molar-refractivity contribution in [1.82, 2.24) is 15.2 Å². The van der Waals surface area contributed by atoms with Crippen molar-refractivity contribution in [2.45, 2.75) is 72.3 Å². The van der Waals surface area contributed by atoms with Crippen molar-refractivity contribution in [2.24, 2.45) is 0 Å². The number of fused-ring (bicyclic) bond motifs is 1. The van der Waals surface area contributed by atoms with Gasteiger partial charge < -0.3 is 25.0 Å². The molecule has 2 aromatic heterocycles. The number of amides is 3. The molecule has 3 amide bonds. The monoisotopic (exact) mass is 632 g/mol. The average Bonchev–Trinajstić information content (AvgIpc) is 3.51. The first-order valence-electron chi connectivity index (χ1n) is 13.3. The van der Waals surface area contributed by atoms with E-state index >= 15 is 0 Å². The Morgan fingerprint density at radius 3 is 2.33 bits per heavy atom. The van der Waals surface area contributed by atoms with Crippen LogP contribution < -0.4 is 10.6 Å². The topological polar surface area (TPSA) is 127 Å². The third-order valence-electron chi connectivity index (χ3n) is 5.82. The van der Waals surface area contributed by atoms with Gasteiger partial charge in [0.05, 0.1) is 32.7 Å². The first-order chi connectivity index (χ1) is 19.6. The molecule has 1 aromatic carbocycles. The lowest BCUT2D eigenvalue weighted by atomic mass is 10.1. The van der Waals surface area contributed by atoms with Gasteiger partial charge in [-0.3, -0.25) is 9.59 Å². The number of para-hydroxylation sites is 1. The number of rotatable bonds is 6. The van der Waals surface area contributed by atoms with Crippen LogP contribution in [0, 0.1) is 0 Å². The number of hydrogen-bond donors (Lipinski definition) is 2. The Labute approximate surface area is 257 Å². The molecule has 0 aliphatic carbocycles. The summed E-state index contributed by atoms with van der Waals surface area (Å²) in [6, 6.07) is 8.18. The molecule has 0 saturated heterocycles. The van der Waals surface area contributed by atoms with Gasteiger partial charge in [0, 0.05) is 24.4 Å². The van der Waals surface area contributed by atoms with Crippen molar-refractivity contribution in [3.05, 3.63) is 66.3 Å². The molecule has 42 heavy (non-hydrogen) atoms. The molecule has 0 spiro atoms. The first-order valence-corrected chi connectivity index (χ1v) is 15.3. The number of halogens is 1. The van der Waals surface area contributed by atoms with Crippen LogP contribution in [0.5, 0.6) is 0 Å². The number of thiazole rings is 1. The summed E-state index contributed by atoms with van der Waals surface area (Å²) in [5.74, 6) is -1.48. The zero-order chi connectivity index (χ0) is 30.8. The Balaban J connectivity index is 1.57. The Kier molecular flexibility index (Phi) is 9.29. The number of esters is 1. The summed E-state index contributed by atoms with van der Waals surface area (Å²) in [5, 5.41) is 5.84. The Bertz CT molecular complexity index is 1520. The molecule has 224 valence electrons. The molecule has 1 aliphatic heterocycles. The van der Waals surface area contributed by atoms with E-state index in [0.29, 0.717) is 27.7 Å². The number of hydrogen-bond acceptors (Lipinski definition) is 9. The molecule has 0 atom stereocenters. The van der Waals surface area contributed by atoms with Gasteiger partial charge in [-0.25, -0.2) is 14.6 Å². The first kappa shape index (κ1) is 31.5. The summed E-state index contributed by atoms with van der Waals surface area (Å²) in [4.78, 5) is 59.2. The van der Waals surface area contributed by atoms with Crippen molar-refractivity contribution in [2.75, 3.05) is 11.9 Å². The number of ether oxygens (including phenoxy) is 2. The fourth-order valence-corrected chi connectivity index (χ4v) is 6.02. The van der Waals surface area contributed by atoms with Crippen LogP contribution in [0.15, 0.2) is 30.3 Å². The smallest absolute Gasteiger partial charge is 0.410 e. The van der Waals surface area contributed by atoms with Crippen molar-refractivity contribution >= 4 is 63.8 Å². The van der Waals surface area contributed by atoms with E-state index in [1.165, 1.54) is 11.3 Å². The molecule has 0 radical (unpaired) electrons. The van der Waals surface area contributed by atoms with E-state index < -0.39 is 29.2 Å². The summed E-state index contributed by atoms with van der Waals surface area (Å²) < 4.78 is 11.6. The highest BCUT2D eigenvalue weighted by Crippen LogP contribution is 2.29. The number of anilines is 1. The maximum atomic E-state index is 13.5. The second kappa shape index (κ2) is 12.4. The summed E-state index contributed by atoms with van der Waals surface area (Å²) in [6.07, 6.45) is 0.0620. The number of thiophene rings is 1. The highest BCUT2D eigenvalue weighted by Gasteiger charge is 2.30. The van der Waals surface area contributed by atoms with E-state index in [9.17, 15) is 19.2 Å². The lowest BCUT2D eigenvalue weighted by molar-refractivity contribution is 0.00697. The van der Waals surface area contributed by atoms with Crippen molar-refractivity contribution in [3.8, 4) is 0 Å². The number of nitrogens with one attached hydrogen (secondary N) is 2. The molecule has 0 fully saturated rings. The lowest BCUT2D eigenvalue weighted by Crippen LogP contribution is -2.39. The van der Waals surface area contributed by atoms with Gasteiger partial charge in [-0.15, -0.1) is 22.7 Å². The highest BCUT2D eigenvalue weighted by atomic mass is 35.5. The van der Waals surface area contributed by atoms with Gasteiger partial charge >= 0.3 is 12.1 Å². The van der Waals surface area contributed by atoms with E-state index in [4.69, 9.17) is 21.1 Å². The molecule has 3 heterocycles. The number of carbonyl (C=O) groups excluding carboxylic acids is 4. The van der Waals surface area contributed by atoms with Gasteiger partial charge in [0.15, 0.2) is 5.01 Å². The fourth-order valence-electron chi connectivity index (χ4n) is 4.04. The van der Waals surface area contributed by atoms with Crippen LogP contribution >= 0.6 is 34.3 Å². The van der Waals surface area contributed by atoms with Gasteiger partial charge in [-0.2, -0.15) is 0 Å². The number of aromatic nitrogens is 1. The van der Waals surface area contributed by atoms with Gasteiger partial charge in [0.1, 0.15) is 11.2 Å². The quantitative estimate of drug-likeness (QED) is 0.306. The largest absolute Gasteiger partial charge is 0.456 e. The van der Waals surface area contributed by atoms with E-state index in [1.807, 2.05) is 20.8 Å². The molecule has 4 rings (SSSR count). The number of carbonyl (C=O) groups is 4. The zero-order valence-electron chi connectivity index (χ0n) is 24.3. The lowest BCUT2D eigenvalue weighted by Gasteiger charge is -2.29. The van der Waals surface area contributed by atoms with Gasteiger partial charge in [-0.1, -0.05) is 23.7 Å². The van der Waals surface area contributed by atoms with Crippen molar-refractivity contribution in [3.63, 3.8) is 0 Å². The van der Waals surface area contributed by atoms with E-state index in [2.05, 4.69) is 15.6 Å². The Morgan fingerprint density at radius 1 is 0.976 bits per heavy atom. The summed E-state index contributed by atoms with van der Waals surface area (Å²) >= 11 is 8.29. The fraction of sp³-hybridized carbons (Fsp3) is 0.414. The Hall–Kier alpha value is -3.48. The van der Waals surface area contributed by atoms with Gasteiger partial charge in [-0.05, 0) is 65.3 Å². The van der Waals surface area contributed by atoms with E-state index in [1.54, 1.807) is 56.0 Å². The van der Waals surface area contributed by atoms with Crippen LogP contribution in [-0.4, -0.2) is 51.5 Å². The second-order valence-electron chi connectivity index (χ2n) is 11.6. The molecule has 1 aliphatic rings. The van der Waals surface area contributed by atoms with Crippen LogP contribution in [0.1, 0.15) is 87.5 Å². The summed E-state index contributed by atoms with van der Waals surface area (Å²) in [7, 11) is 0. The zero-order valence-corrected chi connectivity index (χ0v) is 26.6. The molecule has 0 bridgehead atoms. The predicted molar refractivity (Wildman–Crippen MR) is 163 cm³/mol. The maximum Gasteiger partial charge on any atom is 0.410 e. The average molecular weight is 633 g/mol. The van der Waals surface area contributed by atoms with Crippen LogP contribution in [-0.2, 0) is 29.0 Å². The maximum absolute atomic E-state index is 13.5. The molecule has 13 heteroatoms. The molecule has 3 aromatic rings. The molecule has 2 N–H and O–H groups in total. The summed E-state index contributed by atoms with van der Waals surface area (Å²) in [6.45, 7) is 11.4. The van der Waals surface area contributed by atoms with Crippen molar-refractivity contribution < 1.29 is 28.7 Å². The van der Waals surface area contributed by atoms with E-state index in [0.717, 1.165) is 21.9 Å². The van der Waals surface area contributed by atoms with Crippen LogP contribution in [0.25, 0.3) is 0 Å². The molecule has 0 saturated carbocycles. The minimum absolute atomic E-state index is 0.0276. The third-order valence-corrected chi connectivity index (χ3v) is 8.13. The minimum Gasteiger partial charge on any atom is -0.456 e. The minimum atomic E-state index is -0.768. The Morgan fingerprint density at radius 2 is 1.69 bits per heavy atom. The van der Waals surface area contributed by atoms with Crippen LogP contribution in [0.2, 0.25) is 4.34 Å². The van der Waals surface area contributed by atoms with Crippen LogP contribution in [0.3, 0.4) is 0 Å². The van der Waals surface area contributed by atoms with Crippen LogP contribution in [0.4, 0.5) is 10.5 Å². The number of nitrogens with zero attached hydrogens (tertiary/aromatic N) is 2. The predicted octanol–water partition coefficient (Wildman–Crippen LogP) is 6.29.